The fourth-order valence-electron chi connectivity index (χ4n) is 1.75. The molecule has 0 N–H and O–H groups in total. The van der Waals surface area contributed by atoms with E-state index in [1.165, 1.54) is 6.07 Å². The molecule has 1 aromatic carbocycles. The third kappa shape index (κ3) is 2.30. The van der Waals surface area contributed by atoms with E-state index in [0.717, 1.165) is 29.5 Å². The van der Waals surface area contributed by atoms with Gasteiger partial charge in [-0.2, -0.15) is 0 Å². The van der Waals surface area contributed by atoms with E-state index in [-0.39, 0.29) is 11.5 Å². The van der Waals surface area contributed by atoms with Crippen molar-refractivity contribution in [2.75, 3.05) is 13.1 Å². The van der Waals surface area contributed by atoms with Crippen LogP contribution in [0.1, 0.15) is 23.2 Å². The summed E-state index contributed by atoms with van der Waals surface area (Å²) in [6.07, 6.45) is 2.05. The topological polar surface area (TPSA) is 20.3 Å². The van der Waals surface area contributed by atoms with E-state index >= 15 is 0 Å². The van der Waals surface area contributed by atoms with E-state index in [1.54, 1.807) is 17.0 Å². The van der Waals surface area contributed by atoms with E-state index in [0.29, 0.717) is 0 Å². The molecule has 0 saturated carbocycles. The van der Waals surface area contributed by atoms with Crippen LogP contribution in [0.5, 0.6) is 0 Å². The van der Waals surface area contributed by atoms with Crippen molar-refractivity contribution in [1.29, 1.82) is 0 Å². The Morgan fingerprint density at radius 1 is 1.33 bits per heavy atom. The molecule has 0 spiro atoms. The van der Waals surface area contributed by atoms with Crippen molar-refractivity contribution in [1.82, 2.24) is 4.90 Å². The maximum Gasteiger partial charge on any atom is 0.256 e. The Morgan fingerprint density at radius 2 is 2.00 bits per heavy atom. The molecule has 1 aliphatic rings. The number of hydrogen-bond acceptors (Lipinski definition) is 1. The van der Waals surface area contributed by atoms with Crippen LogP contribution in [0, 0.1) is 9.39 Å². The molecule has 0 unspecified atom stereocenters. The smallest absolute Gasteiger partial charge is 0.256 e. The van der Waals surface area contributed by atoms with Gasteiger partial charge in [0.2, 0.25) is 0 Å². The van der Waals surface area contributed by atoms with Gasteiger partial charge in [0.05, 0.1) is 5.56 Å². The molecule has 0 aromatic heterocycles. The van der Waals surface area contributed by atoms with Crippen LogP contribution >= 0.6 is 22.6 Å². The minimum Gasteiger partial charge on any atom is -0.339 e. The molecule has 4 heteroatoms. The molecular weight excluding hydrogens is 308 g/mol. The minimum absolute atomic E-state index is 0.179. The van der Waals surface area contributed by atoms with Crippen molar-refractivity contribution in [3.63, 3.8) is 0 Å². The number of likely N-dealkylation sites (tertiary alicyclic amines) is 1. The van der Waals surface area contributed by atoms with Crippen LogP contribution in [-0.2, 0) is 0 Å². The van der Waals surface area contributed by atoms with Crippen molar-refractivity contribution in [2.24, 2.45) is 0 Å². The van der Waals surface area contributed by atoms with Crippen molar-refractivity contribution in [2.45, 2.75) is 12.8 Å². The zero-order valence-corrected chi connectivity index (χ0v) is 10.3. The molecule has 1 fully saturated rings. The quantitative estimate of drug-likeness (QED) is 0.729. The summed E-state index contributed by atoms with van der Waals surface area (Å²) in [5.74, 6) is -0.597. The molecule has 1 saturated heterocycles. The lowest BCUT2D eigenvalue weighted by atomic mass is 10.2. The summed E-state index contributed by atoms with van der Waals surface area (Å²) in [6, 6.07) is 4.72. The monoisotopic (exact) mass is 319 g/mol. The average Bonchev–Trinajstić information content (AvgIpc) is 2.69. The molecule has 0 aliphatic carbocycles. The predicted octanol–water partition coefficient (Wildman–Crippen LogP) is 2.67. The third-order valence-corrected chi connectivity index (χ3v) is 3.23. The highest BCUT2D eigenvalue weighted by Gasteiger charge is 2.21. The summed E-state index contributed by atoms with van der Waals surface area (Å²) in [4.78, 5) is 13.6. The summed E-state index contributed by atoms with van der Waals surface area (Å²) in [7, 11) is 0. The summed E-state index contributed by atoms with van der Waals surface area (Å²) in [5, 5.41) is 0. The maximum atomic E-state index is 13.5. The van der Waals surface area contributed by atoms with Gasteiger partial charge in [-0.1, -0.05) is 0 Å². The molecule has 1 heterocycles. The van der Waals surface area contributed by atoms with Crippen LogP contribution in [0.3, 0.4) is 0 Å². The first kappa shape index (κ1) is 10.9. The zero-order chi connectivity index (χ0) is 10.8. The Labute approximate surface area is 102 Å². The van der Waals surface area contributed by atoms with Gasteiger partial charge in [-0.05, 0) is 53.6 Å². The van der Waals surface area contributed by atoms with Crippen molar-refractivity contribution in [3.8, 4) is 0 Å². The Morgan fingerprint density at radius 3 is 2.60 bits per heavy atom. The van der Waals surface area contributed by atoms with Gasteiger partial charge in [0.1, 0.15) is 5.82 Å². The van der Waals surface area contributed by atoms with Crippen LogP contribution in [0.2, 0.25) is 0 Å². The van der Waals surface area contributed by atoms with Crippen molar-refractivity contribution < 1.29 is 9.18 Å². The normalized spacial score (nSPS) is 15.7. The number of amides is 1. The number of halogens is 2. The first-order chi connectivity index (χ1) is 7.18. The van der Waals surface area contributed by atoms with E-state index in [9.17, 15) is 9.18 Å². The maximum absolute atomic E-state index is 13.5. The lowest BCUT2D eigenvalue weighted by Crippen LogP contribution is -2.28. The highest BCUT2D eigenvalue weighted by atomic mass is 127. The Kier molecular flexibility index (Phi) is 3.23. The number of hydrogen-bond donors (Lipinski definition) is 0. The fraction of sp³-hybridized carbons (Fsp3) is 0.364. The summed E-state index contributed by atoms with van der Waals surface area (Å²) in [6.45, 7) is 1.51. The van der Waals surface area contributed by atoms with Gasteiger partial charge in [0.15, 0.2) is 0 Å². The predicted molar refractivity (Wildman–Crippen MR) is 64.3 cm³/mol. The average molecular weight is 319 g/mol. The standard InChI is InChI=1S/C11H11FINO/c12-10-7-8(13)3-4-9(10)11(15)14-5-1-2-6-14/h3-4,7H,1-2,5-6H2. The third-order valence-electron chi connectivity index (χ3n) is 2.55. The molecule has 80 valence electrons. The minimum atomic E-state index is -0.418. The van der Waals surface area contributed by atoms with E-state index in [2.05, 4.69) is 0 Å². The molecule has 1 aromatic rings. The second kappa shape index (κ2) is 4.47. The van der Waals surface area contributed by atoms with Gasteiger partial charge < -0.3 is 4.90 Å². The van der Waals surface area contributed by atoms with Gasteiger partial charge in [0, 0.05) is 16.7 Å². The molecule has 2 nitrogen and oxygen atoms in total. The summed E-state index contributed by atoms with van der Waals surface area (Å²) < 4.78 is 14.3. The van der Waals surface area contributed by atoms with Crippen LogP contribution in [0.4, 0.5) is 4.39 Å². The molecule has 0 radical (unpaired) electrons. The first-order valence-electron chi connectivity index (χ1n) is 4.93. The summed E-state index contributed by atoms with van der Waals surface area (Å²) >= 11 is 2.03. The second-order valence-corrected chi connectivity index (χ2v) is 4.87. The molecule has 15 heavy (non-hydrogen) atoms. The Hall–Kier alpha value is -0.650. The molecule has 2 rings (SSSR count). The van der Waals surface area contributed by atoms with Crippen LogP contribution in [0.25, 0.3) is 0 Å². The van der Waals surface area contributed by atoms with Crippen LogP contribution in [0.15, 0.2) is 18.2 Å². The Balaban J connectivity index is 2.24. The zero-order valence-electron chi connectivity index (χ0n) is 8.17. The lowest BCUT2D eigenvalue weighted by molar-refractivity contribution is 0.0788. The van der Waals surface area contributed by atoms with E-state index < -0.39 is 5.82 Å². The molecule has 0 atom stereocenters. The van der Waals surface area contributed by atoms with Crippen LogP contribution < -0.4 is 0 Å². The van der Waals surface area contributed by atoms with Gasteiger partial charge in [-0.3, -0.25) is 4.79 Å². The van der Waals surface area contributed by atoms with Gasteiger partial charge in [-0.15, -0.1) is 0 Å². The number of nitrogens with zero attached hydrogens (tertiary/aromatic N) is 1. The van der Waals surface area contributed by atoms with Crippen molar-refractivity contribution >= 4 is 28.5 Å². The van der Waals surface area contributed by atoms with Gasteiger partial charge in [0.25, 0.3) is 5.91 Å². The first-order valence-corrected chi connectivity index (χ1v) is 6.00. The number of carbonyl (C=O) groups is 1. The largest absolute Gasteiger partial charge is 0.339 e. The van der Waals surface area contributed by atoms with Crippen LogP contribution in [-0.4, -0.2) is 23.9 Å². The SMILES string of the molecule is O=C(c1ccc(I)cc1F)N1CCCC1. The number of benzene rings is 1. The second-order valence-electron chi connectivity index (χ2n) is 3.62. The Bertz CT molecular complexity index is 388. The lowest BCUT2D eigenvalue weighted by Gasteiger charge is -2.15. The molecular formula is C11H11FINO. The highest BCUT2D eigenvalue weighted by molar-refractivity contribution is 14.1. The molecule has 1 aliphatic heterocycles. The van der Waals surface area contributed by atoms with Gasteiger partial charge >= 0.3 is 0 Å². The van der Waals surface area contributed by atoms with E-state index in [4.69, 9.17) is 0 Å². The number of carbonyl (C=O) groups excluding carboxylic acids is 1. The fourth-order valence-corrected chi connectivity index (χ4v) is 2.21. The van der Waals surface area contributed by atoms with E-state index in [1.807, 2.05) is 22.6 Å². The molecule has 0 bridgehead atoms. The van der Waals surface area contributed by atoms with Crippen molar-refractivity contribution in [3.05, 3.63) is 33.1 Å². The highest BCUT2D eigenvalue weighted by Crippen LogP contribution is 2.17. The number of rotatable bonds is 1. The van der Waals surface area contributed by atoms with Gasteiger partial charge in [-0.25, -0.2) is 4.39 Å². The summed E-state index contributed by atoms with van der Waals surface area (Å²) in [5.41, 5.74) is 0.192. The molecule has 1 amide bonds.